The van der Waals surface area contributed by atoms with E-state index in [1.54, 1.807) is 7.11 Å². The summed E-state index contributed by atoms with van der Waals surface area (Å²) in [4.78, 5) is 4.74. The van der Waals surface area contributed by atoms with Crippen LogP contribution in [0.3, 0.4) is 0 Å². The minimum Gasteiger partial charge on any atom is -0.493 e. The molecular weight excluding hydrogens is 394 g/mol. The number of halogens is 1. The fourth-order valence-electron chi connectivity index (χ4n) is 3.62. The SMILES string of the molecule is COc1cc2cc(CO)nc(-c3cccc(Br)c3)c2c2c1OC(C)(C)C2. The summed E-state index contributed by atoms with van der Waals surface area (Å²) in [5, 5.41) is 11.8. The van der Waals surface area contributed by atoms with Crippen LogP contribution in [0.15, 0.2) is 40.9 Å². The lowest BCUT2D eigenvalue weighted by atomic mass is 9.93. The molecule has 0 saturated heterocycles. The lowest BCUT2D eigenvalue weighted by Gasteiger charge is -2.17. The number of fused-ring (bicyclic) bond motifs is 3. The fraction of sp³-hybridized carbons (Fsp3) is 0.286. The van der Waals surface area contributed by atoms with Crippen LogP contribution in [-0.2, 0) is 13.0 Å². The van der Waals surface area contributed by atoms with Gasteiger partial charge in [-0.2, -0.15) is 0 Å². The minimum atomic E-state index is -0.298. The van der Waals surface area contributed by atoms with Crippen LogP contribution < -0.4 is 9.47 Å². The van der Waals surface area contributed by atoms with Gasteiger partial charge < -0.3 is 14.6 Å². The number of rotatable bonds is 3. The summed E-state index contributed by atoms with van der Waals surface area (Å²) in [6.45, 7) is 4.04. The van der Waals surface area contributed by atoms with E-state index in [-0.39, 0.29) is 12.2 Å². The van der Waals surface area contributed by atoms with Gasteiger partial charge in [0, 0.05) is 27.4 Å². The van der Waals surface area contributed by atoms with E-state index in [1.807, 2.05) is 36.4 Å². The number of pyridine rings is 1. The molecule has 0 saturated carbocycles. The number of hydrogen-bond acceptors (Lipinski definition) is 4. The molecule has 0 amide bonds. The molecule has 2 aromatic carbocycles. The molecule has 1 aliphatic heterocycles. The van der Waals surface area contributed by atoms with Gasteiger partial charge in [0.25, 0.3) is 0 Å². The third-order valence-electron chi connectivity index (χ3n) is 4.65. The highest BCUT2D eigenvalue weighted by molar-refractivity contribution is 9.10. The number of aliphatic hydroxyl groups excluding tert-OH is 1. The standard InChI is InChI=1S/C21H20BrNO3/c1-21(2)10-16-18-13(9-17(25-3)20(16)26-21)8-15(11-24)23-19(18)12-5-4-6-14(22)7-12/h4-9,24H,10-11H2,1-3H3. The average molecular weight is 414 g/mol. The molecule has 134 valence electrons. The van der Waals surface area contributed by atoms with E-state index in [4.69, 9.17) is 14.5 Å². The van der Waals surface area contributed by atoms with E-state index in [9.17, 15) is 5.11 Å². The summed E-state index contributed by atoms with van der Waals surface area (Å²) in [7, 11) is 1.65. The molecule has 0 radical (unpaired) electrons. The van der Waals surface area contributed by atoms with Crippen LogP contribution in [0.4, 0.5) is 0 Å². The van der Waals surface area contributed by atoms with Crippen molar-refractivity contribution in [2.24, 2.45) is 0 Å². The Morgan fingerprint density at radius 3 is 2.77 bits per heavy atom. The average Bonchev–Trinajstić information content (AvgIpc) is 2.94. The van der Waals surface area contributed by atoms with Crippen molar-refractivity contribution < 1.29 is 14.6 Å². The first-order chi connectivity index (χ1) is 12.4. The molecule has 0 aliphatic carbocycles. The van der Waals surface area contributed by atoms with Crippen LogP contribution in [0.5, 0.6) is 11.5 Å². The van der Waals surface area contributed by atoms with Gasteiger partial charge in [0.15, 0.2) is 11.5 Å². The molecule has 0 unspecified atom stereocenters. The quantitative estimate of drug-likeness (QED) is 0.664. The third-order valence-corrected chi connectivity index (χ3v) is 5.14. The molecule has 1 aliphatic rings. The van der Waals surface area contributed by atoms with Crippen LogP contribution in [-0.4, -0.2) is 22.8 Å². The number of hydrogen-bond donors (Lipinski definition) is 1. The van der Waals surface area contributed by atoms with E-state index in [0.717, 1.165) is 44.2 Å². The first-order valence-corrected chi connectivity index (χ1v) is 9.30. The maximum atomic E-state index is 9.70. The number of methoxy groups -OCH3 is 1. The van der Waals surface area contributed by atoms with Crippen molar-refractivity contribution in [3.63, 3.8) is 0 Å². The highest BCUT2D eigenvalue weighted by Gasteiger charge is 2.35. The van der Waals surface area contributed by atoms with Gasteiger partial charge in [-0.3, -0.25) is 0 Å². The Labute approximate surface area is 160 Å². The van der Waals surface area contributed by atoms with Crippen molar-refractivity contribution in [3.05, 3.63) is 52.1 Å². The van der Waals surface area contributed by atoms with Crippen molar-refractivity contribution >= 4 is 26.7 Å². The predicted molar refractivity (Wildman–Crippen MR) is 106 cm³/mol. The van der Waals surface area contributed by atoms with Gasteiger partial charge in [-0.05, 0) is 43.5 Å². The van der Waals surface area contributed by atoms with Crippen molar-refractivity contribution in [1.82, 2.24) is 4.98 Å². The van der Waals surface area contributed by atoms with E-state index < -0.39 is 0 Å². The summed E-state index contributed by atoms with van der Waals surface area (Å²) >= 11 is 3.54. The Morgan fingerprint density at radius 1 is 1.27 bits per heavy atom. The molecule has 0 atom stereocenters. The monoisotopic (exact) mass is 413 g/mol. The number of aromatic nitrogens is 1. The van der Waals surface area contributed by atoms with Gasteiger partial charge in [0.05, 0.1) is 25.1 Å². The molecule has 0 bridgehead atoms. The van der Waals surface area contributed by atoms with Crippen molar-refractivity contribution in [3.8, 4) is 22.8 Å². The fourth-order valence-corrected chi connectivity index (χ4v) is 4.02. The topological polar surface area (TPSA) is 51.6 Å². The normalized spacial score (nSPS) is 15.0. The largest absolute Gasteiger partial charge is 0.493 e. The van der Waals surface area contributed by atoms with E-state index >= 15 is 0 Å². The first kappa shape index (κ1) is 17.3. The van der Waals surface area contributed by atoms with Gasteiger partial charge in [-0.15, -0.1) is 0 Å². The Hall–Kier alpha value is -2.11. The molecule has 3 aromatic rings. The summed E-state index contributed by atoms with van der Waals surface area (Å²) in [6, 6.07) is 11.9. The molecule has 4 nitrogen and oxygen atoms in total. The van der Waals surface area contributed by atoms with Crippen LogP contribution >= 0.6 is 15.9 Å². The van der Waals surface area contributed by atoms with Gasteiger partial charge in [-0.25, -0.2) is 4.98 Å². The number of benzene rings is 2. The molecule has 26 heavy (non-hydrogen) atoms. The van der Waals surface area contributed by atoms with E-state index in [2.05, 4.69) is 29.8 Å². The number of aliphatic hydroxyl groups is 1. The highest BCUT2D eigenvalue weighted by Crippen LogP contribution is 2.48. The molecule has 4 rings (SSSR count). The van der Waals surface area contributed by atoms with E-state index in [1.165, 1.54) is 0 Å². The second-order valence-corrected chi connectivity index (χ2v) is 8.07. The Morgan fingerprint density at radius 2 is 2.08 bits per heavy atom. The van der Waals surface area contributed by atoms with Crippen LogP contribution in [0.2, 0.25) is 0 Å². The second-order valence-electron chi connectivity index (χ2n) is 7.15. The molecule has 0 spiro atoms. The molecule has 1 N–H and O–H groups in total. The molecular formula is C21H20BrNO3. The van der Waals surface area contributed by atoms with E-state index in [0.29, 0.717) is 11.4 Å². The van der Waals surface area contributed by atoms with Gasteiger partial charge in [-0.1, -0.05) is 28.1 Å². The maximum Gasteiger partial charge on any atom is 0.166 e. The highest BCUT2D eigenvalue weighted by atomic mass is 79.9. The summed E-state index contributed by atoms with van der Waals surface area (Å²) in [6.07, 6.45) is 0.775. The first-order valence-electron chi connectivity index (χ1n) is 8.51. The Bertz CT molecular complexity index is 1010. The smallest absolute Gasteiger partial charge is 0.166 e. The maximum absolute atomic E-state index is 9.70. The molecule has 5 heteroatoms. The van der Waals surface area contributed by atoms with Crippen LogP contribution in [0.25, 0.3) is 22.0 Å². The summed E-state index contributed by atoms with van der Waals surface area (Å²) in [5.41, 5.74) is 3.29. The van der Waals surface area contributed by atoms with Gasteiger partial charge in [0.1, 0.15) is 5.60 Å². The lowest BCUT2D eigenvalue weighted by Crippen LogP contribution is -2.24. The van der Waals surface area contributed by atoms with Gasteiger partial charge >= 0.3 is 0 Å². The zero-order valence-corrected chi connectivity index (χ0v) is 16.6. The number of ether oxygens (including phenoxy) is 2. The Kier molecular flexibility index (Phi) is 4.16. The zero-order chi connectivity index (χ0) is 18.5. The van der Waals surface area contributed by atoms with Crippen LogP contribution in [0.1, 0.15) is 25.1 Å². The second kappa shape index (κ2) is 6.25. The zero-order valence-electron chi connectivity index (χ0n) is 15.0. The molecule has 0 fully saturated rings. The minimum absolute atomic E-state index is 0.113. The molecule has 1 aromatic heterocycles. The van der Waals surface area contributed by atoms with Crippen molar-refractivity contribution in [1.29, 1.82) is 0 Å². The van der Waals surface area contributed by atoms with Crippen LogP contribution in [0, 0.1) is 0 Å². The molecule has 2 heterocycles. The summed E-state index contributed by atoms with van der Waals surface area (Å²) in [5.74, 6) is 1.51. The van der Waals surface area contributed by atoms with Crippen molar-refractivity contribution in [2.45, 2.75) is 32.5 Å². The van der Waals surface area contributed by atoms with Crippen molar-refractivity contribution in [2.75, 3.05) is 7.11 Å². The third kappa shape index (κ3) is 2.85. The van der Waals surface area contributed by atoms with Gasteiger partial charge in [0.2, 0.25) is 0 Å². The lowest BCUT2D eigenvalue weighted by molar-refractivity contribution is 0.134. The Balaban J connectivity index is 2.10. The summed E-state index contributed by atoms with van der Waals surface area (Å²) < 4.78 is 12.8. The predicted octanol–water partition coefficient (Wildman–Crippen LogP) is 4.88. The number of nitrogens with zero attached hydrogens (tertiary/aromatic N) is 1.